The number of piperazine rings is 2. The first kappa shape index (κ1) is 19.7. The predicted molar refractivity (Wildman–Crippen MR) is 114 cm³/mol. The van der Waals surface area contributed by atoms with Crippen LogP contribution in [0.2, 0.25) is 0 Å². The number of halogens is 1. The molecule has 2 heterocycles. The van der Waals surface area contributed by atoms with Crippen LogP contribution in [0, 0.1) is 5.82 Å². The number of amides is 1. The number of carbonyl (C=O) groups excluding carboxylic acids is 1. The molecule has 1 amide bonds. The van der Waals surface area contributed by atoms with Crippen LogP contribution in [0.5, 0.6) is 0 Å². The molecule has 1 N–H and O–H groups in total. The molecule has 29 heavy (non-hydrogen) atoms. The van der Waals surface area contributed by atoms with E-state index in [0.29, 0.717) is 0 Å². The van der Waals surface area contributed by atoms with Gasteiger partial charge in [-0.3, -0.25) is 4.79 Å². The molecular weight excluding hydrogens is 367 g/mol. The second-order valence-electron chi connectivity index (χ2n) is 7.99. The van der Waals surface area contributed by atoms with Crippen molar-refractivity contribution in [3.8, 4) is 0 Å². The summed E-state index contributed by atoms with van der Waals surface area (Å²) in [5.41, 5.74) is 2.29. The van der Waals surface area contributed by atoms with Gasteiger partial charge in [0.25, 0.3) is 5.91 Å². The molecule has 0 unspecified atom stereocenters. The Morgan fingerprint density at radius 2 is 1.38 bits per heavy atom. The number of hydrogen-bond donors (Lipinski definition) is 1. The zero-order valence-corrected chi connectivity index (χ0v) is 17.1. The maximum Gasteiger partial charge on any atom is 0.280 e. The Hall–Kier alpha value is -2.60. The standard InChI is InChI=1S/C23H29FN4O/c1-19(25-11-13-27(14-12-25)22-9-7-20(24)8-10-22)23(29)28-17-15-26(16-18-28)21-5-3-2-4-6-21/h2-10,19H,11-18H2,1H3/p+1/t19-/m0/s1. The van der Waals surface area contributed by atoms with Crippen LogP contribution in [0.1, 0.15) is 6.92 Å². The van der Waals surface area contributed by atoms with Gasteiger partial charge in [0.1, 0.15) is 5.82 Å². The topological polar surface area (TPSA) is 31.2 Å². The minimum Gasteiger partial charge on any atom is -0.368 e. The van der Waals surface area contributed by atoms with Crippen molar-refractivity contribution in [1.29, 1.82) is 0 Å². The van der Waals surface area contributed by atoms with E-state index in [1.807, 2.05) is 23.1 Å². The van der Waals surface area contributed by atoms with Crippen LogP contribution in [-0.4, -0.2) is 69.2 Å². The van der Waals surface area contributed by atoms with Crippen molar-refractivity contribution < 1.29 is 14.1 Å². The van der Waals surface area contributed by atoms with Gasteiger partial charge in [-0.1, -0.05) is 18.2 Å². The zero-order valence-electron chi connectivity index (χ0n) is 17.1. The molecule has 2 saturated heterocycles. The summed E-state index contributed by atoms with van der Waals surface area (Å²) in [5, 5.41) is 0. The highest BCUT2D eigenvalue weighted by atomic mass is 19.1. The van der Waals surface area contributed by atoms with Crippen LogP contribution in [0.25, 0.3) is 0 Å². The highest BCUT2D eigenvalue weighted by Crippen LogP contribution is 2.16. The number of carbonyl (C=O) groups is 1. The van der Waals surface area contributed by atoms with Crippen molar-refractivity contribution in [2.24, 2.45) is 0 Å². The molecule has 6 heteroatoms. The lowest BCUT2D eigenvalue weighted by molar-refractivity contribution is -0.915. The van der Waals surface area contributed by atoms with Gasteiger partial charge in [0.15, 0.2) is 6.04 Å². The number of nitrogens with zero attached hydrogens (tertiary/aromatic N) is 3. The molecule has 2 aliphatic rings. The van der Waals surface area contributed by atoms with E-state index in [0.717, 1.165) is 58.0 Å². The third kappa shape index (κ3) is 4.53. The minimum absolute atomic E-state index is 0.0198. The summed E-state index contributed by atoms with van der Waals surface area (Å²) in [5.74, 6) is 0.0625. The van der Waals surface area contributed by atoms with E-state index in [-0.39, 0.29) is 17.8 Å². The van der Waals surface area contributed by atoms with Gasteiger partial charge in [-0.25, -0.2) is 4.39 Å². The number of quaternary nitrogens is 1. The van der Waals surface area contributed by atoms with Crippen LogP contribution in [-0.2, 0) is 4.79 Å². The summed E-state index contributed by atoms with van der Waals surface area (Å²) >= 11 is 0. The molecule has 154 valence electrons. The van der Waals surface area contributed by atoms with Crippen molar-refractivity contribution in [2.75, 3.05) is 62.2 Å². The predicted octanol–water partition coefficient (Wildman–Crippen LogP) is 1.27. The normalized spacial score (nSPS) is 19.3. The van der Waals surface area contributed by atoms with Crippen molar-refractivity contribution in [3.63, 3.8) is 0 Å². The summed E-state index contributed by atoms with van der Waals surface area (Å²) in [4.78, 5) is 21.1. The van der Waals surface area contributed by atoms with E-state index in [2.05, 4.69) is 41.0 Å². The number of nitrogens with one attached hydrogen (secondary N) is 1. The third-order valence-corrected chi connectivity index (χ3v) is 6.29. The van der Waals surface area contributed by atoms with E-state index >= 15 is 0 Å². The average molecular weight is 398 g/mol. The molecule has 0 spiro atoms. The molecule has 2 aromatic carbocycles. The van der Waals surface area contributed by atoms with E-state index < -0.39 is 0 Å². The Balaban J connectivity index is 1.27. The quantitative estimate of drug-likeness (QED) is 0.843. The fourth-order valence-electron chi connectivity index (χ4n) is 4.41. The third-order valence-electron chi connectivity index (χ3n) is 6.29. The van der Waals surface area contributed by atoms with Gasteiger partial charge in [-0.05, 0) is 43.3 Å². The summed E-state index contributed by atoms with van der Waals surface area (Å²) < 4.78 is 13.1. The lowest BCUT2D eigenvalue weighted by atomic mass is 10.1. The molecule has 4 rings (SSSR count). The summed E-state index contributed by atoms with van der Waals surface area (Å²) in [7, 11) is 0. The molecule has 2 aliphatic heterocycles. The molecule has 0 aliphatic carbocycles. The first-order chi connectivity index (χ1) is 14.1. The van der Waals surface area contributed by atoms with Crippen LogP contribution in [0.4, 0.5) is 15.8 Å². The van der Waals surface area contributed by atoms with Crippen molar-refractivity contribution in [2.45, 2.75) is 13.0 Å². The maximum absolute atomic E-state index is 13.1. The van der Waals surface area contributed by atoms with E-state index in [4.69, 9.17) is 0 Å². The first-order valence-electron chi connectivity index (χ1n) is 10.6. The lowest BCUT2D eigenvalue weighted by Crippen LogP contribution is -3.19. The molecule has 0 radical (unpaired) electrons. The zero-order chi connectivity index (χ0) is 20.2. The summed E-state index contributed by atoms with van der Waals surface area (Å²) in [6.07, 6.45) is 0. The Kier molecular flexibility index (Phi) is 6.00. The van der Waals surface area contributed by atoms with Crippen LogP contribution >= 0.6 is 0 Å². The van der Waals surface area contributed by atoms with Crippen molar-refractivity contribution in [3.05, 3.63) is 60.4 Å². The second-order valence-corrected chi connectivity index (χ2v) is 7.99. The van der Waals surface area contributed by atoms with Gasteiger partial charge < -0.3 is 19.6 Å². The Bertz CT molecular complexity index is 797. The fourth-order valence-corrected chi connectivity index (χ4v) is 4.41. The van der Waals surface area contributed by atoms with E-state index in [9.17, 15) is 9.18 Å². The molecule has 2 fully saturated rings. The largest absolute Gasteiger partial charge is 0.368 e. The van der Waals surface area contributed by atoms with Crippen molar-refractivity contribution >= 4 is 17.3 Å². The fraction of sp³-hybridized carbons (Fsp3) is 0.435. The Labute approximate surface area is 172 Å². The average Bonchev–Trinajstić information content (AvgIpc) is 2.79. The first-order valence-corrected chi connectivity index (χ1v) is 10.6. The van der Waals surface area contributed by atoms with Gasteiger partial charge in [0.2, 0.25) is 0 Å². The smallest absolute Gasteiger partial charge is 0.280 e. The van der Waals surface area contributed by atoms with Crippen molar-refractivity contribution in [1.82, 2.24) is 4.90 Å². The SMILES string of the molecule is C[C@@H](C(=O)N1CCN(c2ccccc2)CC1)[NH+]1CCN(c2ccc(F)cc2)CC1. The number of rotatable bonds is 4. The lowest BCUT2D eigenvalue weighted by Gasteiger charge is -2.40. The highest BCUT2D eigenvalue weighted by Gasteiger charge is 2.33. The number of benzene rings is 2. The Morgan fingerprint density at radius 1 is 0.828 bits per heavy atom. The van der Waals surface area contributed by atoms with Crippen LogP contribution < -0.4 is 14.7 Å². The van der Waals surface area contributed by atoms with Gasteiger partial charge in [0.05, 0.1) is 26.2 Å². The van der Waals surface area contributed by atoms with E-state index in [1.165, 1.54) is 22.7 Å². The van der Waals surface area contributed by atoms with Crippen LogP contribution in [0.15, 0.2) is 54.6 Å². The molecule has 5 nitrogen and oxygen atoms in total. The number of hydrogen-bond acceptors (Lipinski definition) is 3. The molecule has 0 bridgehead atoms. The summed E-state index contributed by atoms with van der Waals surface area (Å²) in [6.45, 7) is 9.03. The van der Waals surface area contributed by atoms with Gasteiger partial charge in [0, 0.05) is 37.6 Å². The summed E-state index contributed by atoms with van der Waals surface area (Å²) in [6, 6.07) is 17.1. The van der Waals surface area contributed by atoms with E-state index in [1.54, 1.807) is 0 Å². The molecule has 0 saturated carbocycles. The number of anilines is 2. The van der Waals surface area contributed by atoms with Gasteiger partial charge >= 0.3 is 0 Å². The second kappa shape index (κ2) is 8.82. The molecular formula is C23H30FN4O+. The van der Waals surface area contributed by atoms with Crippen LogP contribution in [0.3, 0.4) is 0 Å². The molecule has 1 atom stereocenters. The monoisotopic (exact) mass is 397 g/mol. The number of para-hydroxylation sites is 1. The maximum atomic E-state index is 13.1. The highest BCUT2D eigenvalue weighted by molar-refractivity contribution is 5.80. The Morgan fingerprint density at radius 3 is 2.00 bits per heavy atom. The minimum atomic E-state index is -0.204. The molecule has 0 aromatic heterocycles. The molecule has 2 aromatic rings. The van der Waals surface area contributed by atoms with Gasteiger partial charge in [-0.2, -0.15) is 0 Å². The van der Waals surface area contributed by atoms with Gasteiger partial charge in [-0.15, -0.1) is 0 Å².